The lowest BCUT2D eigenvalue weighted by Gasteiger charge is -2.16. The van der Waals surface area contributed by atoms with Gasteiger partial charge >= 0.3 is 0 Å². The van der Waals surface area contributed by atoms with Gasteiger partial charge in [-0.05, 0) is 50.8 Å². The summed E-state index contributed by atoms with van der Waals surface area (Å²) in [6.45, 7) is 5.45. The van der Waals surface area contributed by atoms with Gasteiger partial charge in [0.05, 0.1) is 4.90 Å². The van der Waals surface area contributed by atoms with Gasteiger partial charge in [-0.2, -0.15) is 0 Å². The summed E-state index contributed by atoms with van der Waals surface area (Å²) in [4.78, 5) is 0.325. The van der Waals surface area contributed by atoms with Crippen molar-refractivity contribution in [3.63, 3.8) is 0 Å². The summed E-state index contributed by atoms with van der Waals surface area (Å²) in [5, 5.41) is 0. The van der Waals surface area contributed by atoms with E-state index in [2.05, 4.69) is 4.72 Å². The molecule has 1 aliphatic rings. The van der Waals surface area contributed by atoms with Gasteiger partial charge in [0, 0.05) is 11.2 Å². The molecule has 0 atom stereocenters. The molecule has 5 heteroatoms. The van der Waals surface area contributed by atoms with Gasteiger partial charge in [-0.25, -0.2) is 13.1 Å². The summed E-state index contributed by atoms with van der Waals surface area (Å²) in [7, 11) is -3.47. The van der Waals surface area contributed by atoms with Crippen molar-refractivity contribution in [2.45, 2.75) is 44.0 Å². The second kappa shape index (κ2) is 3.71. The van der Waals surface area contributed by atoms with E-state index >= 15 is 0 Å². The Kier molecular flexibility index (Phi) is 2.71. The van der Waals surface area contributed by atoms with E-state index in [1.54, 1.807) is 26.0 Å². The van der Waals surface area contributed by atoms with Gasteiger partial charge in [0.15, 0.2) is 0 Å². The quantitative estimate of drug-likeness (QED) is 0.807. The largest absolute Gasteiger partial charge is 0.398 e. The van der Waals surface area contributed by atoms with E-state index in [-0.39, 0.29) is 5.54 Å². The summed E-state index contributed by atoms with van der Waals surface area (Å²) in [6.07, 6.45) is 1.79. The summed E-state index contributed by atoms with van der Waals surface area (Å²) in [5.41, 5.74) is 7.38. The number of nitrogens with one attached hydrogen (secondary N) is 1. The molecule has 1 aromatic carbocycles. The van der Waals surface area contributed by atoms with Gasteiger partial charge in [-0.1, -0.05) is 6.07 Å². The number of hydrogen-bond acceptors (Lipinski definition) is 3. The highest BCUT2D eigenvalue weighted by Crippen LogP contribution is 2.37. The minimum absolute atomic E-state index is 0.262. The van der Waals surface area contributed by atoms with Crippen molar-refractivity contribution >= 4 is 15.7 Å². The Labute approximate surface area is 102 Å². The topological polar surface area (TPSA) is 72.2 Å². The lowest BCUT2D eigenvalue weighted by molar-refractivity contribution is 0.557. The van der Waals surface area contributed by atoms with Crippen LogP contribution in [0.3, 0.4) is 0 Å². The molecule has 94 valence electrons. The first-order valence-corrected chi connectivity index (χ1v) is 7.13. The molecule has 2 rings (SSSR count). The van der Waals surface area contributed by atoms with Gasteiger partial charge in [-0.15, -0.1) is 0 Å². The van der Waals surface area contributed by atoms with Crippen LogP contribution >= 0.6 is 0 Å². The average Bonchev–Trinajstić information content (AvgIpc) is 2.88. The molecule has 0 heterocycles. The van der Waals surface area contributed by atoms with Gasteiger partial charge in [0.25, 0.3) is 0 Å². The molecule has 17 heavy (non-hydrogen) atoms. The van der Waals surface area contributed by atoms with E-state index in [1.165, 1.54) is 0 Å². The fourth-order valence-corrected chi connectivity index (χ4v) is 3.89. The van der Waals surface area contributed by atoms with Gasteiger partial charge in [-0.3, -0.25) is 0 Å². The molecule has 0 bridgehead atoms. The van der Waals surface area contributed by atoms with Gasteiger partial charge in [0.1, 0.15) is 0 Å². The number of sulfonamides is 1. The molecule has 4 nitrogen and oxygen atoms in total. The number of nitrogen functional groups attached to an aromatic ring is 1. The normalized spacial score (nSPS) is 18.1. The van der Waals surface area contributed by atoms with Crippen LogP contribution in [0.1, 0.15) is 30.9 Å². The highest BCUT2D eigenvalue weighted by molar-refractivity contribution is 7.89. The van der Waals surface area contributed by atoms with Crippen molar-refractivity contribution in [3.05, 3.63) is 23.3 Å². The minimum Gasteiger partial charge on any atom is -0.398 e. The van der Waals surface area contributed by atoms with Crippen LogP contribution in [0.2, 0.25) is 0 Å². The smallest absolute Gasteiger partial charge is 0.241 e. The predicted molar refractivity (Wildman–Crippen MR) is 68.3 cm³/mol. The molecule has 3 N–H and O–H groups in total. The Hall–Kier alpha value is -1.07. The number of anilines is 1. The number of aryl methyl sites for hydroxylation is 1. The summed E-state index contributed by atoms with van der Waals surface area (Å²) in [5.74, 6) is 0. The van der Waals surface area contributed by atoms with Crippen molar-refractivity contribution in [1.29, 1.82) is 0 Å². The zero-order valence-corrected chi connectivity index (χ0v) is 11.2. The van der Waals surface area contributed by atoms with E-state index in [4.69, 9.17) is 5.73 Å². The summed E-state index contributed by atoms with van der Waals surface area (Å²) < 4.78 is 27.4. The van der Waals surface area contributed by atoms with E-state index < -0.39 is 10.0 Å². The molecule has 1 saturated carbocycles. The second-order valence-corrected chi connectivity index (χ2v) is 6.71. The Morgan fingerprint density at radius 2 is 1.88 bits per heavy atom. The van der Waals surface area contributed by atoms with Crippen molar-refractivity contribution in [1.82, 2.24) is 4.72 Å². The van der Waals surface area contributed by atoms with Crippen molar-refractivity contribution in [2.24, 2.45) is 0 Å². The van der Waals surface area contributed by atoms with Gasteiger partial charge in [0.2, 0.25) is 10.0 Å². The predicted octanol–water partition coefficient (Wildman–Crippen LogP) is 1.72. The van der Waals surface area contributed by atoms with Crippen LogP contribution in [0.15, 0.2) is 17.0 Å². The van der Waals surface area contributed by atoms with Crippen LogP contribution in [-0.4, -0.2) is 14.0 Å². The van der Waals surface area contributed by atoms with Crippen LogP contribution in [0.4, 0.5) is 5.69 Å². The van der Waals surface area contributed by atoms with E-state index in [0.717, 1.165) is 18.4 Å². The maximum atomic E-state index is 12.3. The Bertz CT molecular complexity index is 560. The van der Waals surface area contributed by atoms with Crippen LogP contribution < -0.4 is 10.5 Å². The molecule has 0 radical (unpaired) electrons. The first-order chi connectivity index (χ1) is 7.75. The van der Waals surface area contributed by atoms with Crippen LogP contribution in [0.25, 0.3) is 0 Å². The SMILES string of the molecule is Cc1ccc(N)c(C)c1S(=O)(=O)NC1(C)CC1. The maximum Gasteiger partial charge on any atom is 0.241 e. The molecule has 1 aliphatic carbocycles. The molecule has 0 spiro atoms. The molecule has 0 saturated heterocycles. The summed E-state index contributed by atoms with van der Waals surface area (Å²) >= 11 is 0. The Balaban J connectivity index is 2.49. The maximum absolute atomic E-state index is 12.3. The molecule has 0 unspecified atom stereocenters. The van der Waals surface area contributed by atoms with Crippen LogP contribution in [-0.2, 0) is 10.0 Å². The molecule has 0 amide bonds. The minimum atomic E-state index is -3.47. The first kappa shape index (κ1) is 12.4. The fraction of sp³-hybridized carbons (Fsp3) is 0.500. The van der Waals surface area contributed by atoms with E-state index in [1.807, 2.05) is 6.92 Å². The Morgan fingerprint density at radius 1 is 1.29 bits per heavy atom. The number of hydrogen-bond donors (Lipinski definition) is 2. The third-order valence-electron chi connectivity index (χ3n) is 3.29. The molecular formula is C12H18N2O2S. The van der Waals surface area contributed by atoms with Crippen molar-refractivity contribution in [3.8, 4) is 0 Å². The molecule has 1 fully saturated rings. The fourth-order valence-electron chi connectivity index (χ4n) is 1.92. The molecule has 1 aromatic rings. The van der Waals surface area contributed by atoms with E-state index in [9.17, 15) is 8.42 Å². The van der Waals surface area contributed by atoms with Crippen molar-refractivity contribution < 1.29 is 8.42 Å². The number of nitrogens with two attached hydrogens (primary N) is 1. The third-order valence-corrected chi connectivity index (χ3v) is 5.22. The van der Waals surface area contributed by atoms with E-state index in [0.29, 0.717) is 16.1 Å². The first-order valence-electron chi connectivity index (χ1n) is 5.65. The zero-order valence-electron chi connectivity index (χ0n) is 10.4. The highest BCUT2D eigenvalue weighted by Gasteiger charge is 2.41. The molecule has 0 aromatic heterocycles. The van der Waals surface area contributed by atoms with Crippen LogP contribution in [0.5, 0.6) is 0 Å². The molecular weight excluding hydrogens is 236 g/mol. The third kappa shape index (κ3) is 2.30. The van der Waals surface area contributed by atoms with Gasteiger partial charge < -0.3 is 5.73 Å². The lowest BCUT2D eigenvalue weighted by atomic mass is 10.1. The number of rotatable bonds is 3. The Morgan fingerprint density at radius 3 is 2.41 bits per heavy atom. The average molecular weight is 254 g/mol. The highest BCUT2D eigenvalue weighted by atomic mass is 32.2. The van der Waals surface area contributed by atoms with Crippen LogP contribution in [0, 0.1) is 13.8 Å². The monoisotopic (exact) mass is 254 g/mol. The standard InChI is InChI=1S/C12H18N2O2S/c1-8-4-5-10(13)9(2)11(8)17(15,16)14-12(3)6-7-12/h4-5,14H,6-7,13H2,1-3H3. The lowest BCUT2D eigenvalue weighted by Crippen LogP contribution is -2.35. The molecule has 0 aliphatic heterocycles. The zero-order chi connectivity index (χ0) is 12.8. The summed E-state index contributed by atoms with van der Waals surface area (Å²) in [6, 6.07) is 3.48. The van der Waals surface area contributed by atoms with Crippen molar-refractivity contribution in [2.75, 3.05) is 5.73 Å². The second-order valence-electron chi connectivity index (χ2n) is 5.09. The number of benzene rings is 1.